The molecule has 0 aliphatic heterocycles. The van der Waals surface area contributed by atoms with Crippen LogP contribution in [0.5, 0.6) is 5.75 Å². The zero-order valence-electron chi connectivity index (χ0n) is 13.2. The van der Waals surface area contributed by atoms with Crippen LogP contribution < -0.4 is 9.50 Å². The third kappa shape index (κ3) is 3.56. The predicted molar refractivity (Wildman–Crippen MR) is 91.8 cm³/mol. The van der Waals surface area contributed by atoms with Gasteiger partial charge in [-0.15, -0.1) is 0 Å². The SMILES string of the molecule is CCOC(=O)Nc1nc2ccccc2n1S(=O)(=O)Oc1ccccc1. The molecule has 25 heavy (non-hydrogen) atoms. The first-order valence-corrected chi connectivity index (χ1v) is 8.79. The summed E-state index contributed by atoms with van der Waals surface area (Å²) in [5.41, 5.74) is 0.653. The quantitative estimate of drug-likeness (QED) is 0.750. The predicted octanol–water partition coefficient (Wildman–Crippen LogP) is 2.78. The number of fused-ring (bicyclic) bond motifs is 1. The minimum Gasteiger partial charge on any atom is -0.450 e. The molecule has 0 aliphatic rings. The summed E-state index contributed by atoms with van der Waals surface area (Å²) >= 11 is 0. The zero-order chi connectivity index (χ0) is 17.9. The number of carbonyl (C=O) groups is 1. The molecule has 2 aromatic carbocycles. The van der Waals surface area contributed by atoms with Crippen LogP contribution in [0.2, 0.25) is 0 Å². The topological polar surface area (TPSA) is 99.5 Å². The van der Waals surface area contributed by atoms with Gasteiger partial charge >= 0.3 is 16.4 Å². The average molecular weight is 361 g/mol. The van der Waals surface area contributed by atoms with Crippen molar-refractivity contribution in [3.05, 3.63) is 54.6 Å². The van der Waals surface area contributed by atoms with Gasteiger partial charge in [0.05, 0.1) is 17.6 Å². The van der Waals surface area contributed by atoms with Gasteiger partial charge in [0.25, 0.3) is 0 Å². The van der Waals surface area contributed by atoms with Crippen LogP contribution in [0.15, 0.2) is 54.6 Å². The maximum Gasteiger partial charge on any atom is 0.416 e. The molecule has 0 saturated carbocycles. The van der Waals surface area contributed by atoms with Crippen LogP contribution in [0, 0.1) is 0 Å². The van der Waals surface area contributed by atoms with Gasteiger partial charge in [-0.1, -0.05) is 30.3 Å². The maximum atomic E-state index is 12.7. The average Bonchev–Trinajstić information content (AvgIpc) is 2.94. The molecule has 0 spiro atoms. The minimum absolute atomic E-state index is 0.138. The number of benzene rings is 2. The van der Waals surface area contributed by atoms with E-state index in [0.29, 0.717) is 5.52 Å². The Morgan fingerprint density at radius 3 is 2.52 bits per heavy atom. The summed E-state index contributed by atoms with van der Waals surface area (Å²) in [5.74, 6) is -0.0713. The Morgan fingerprint density at radius 2 is 1.80 bits per heavy atom. The Balaban J connectivity index is 2.08. The number of para-hydroxylation sites is 3. The molecule has 1 heterocycles. The molecular weight excluding hydrogens is 346 g/mol. The highest BCUT2D eigenvalue weighted by atomic mass is 32.2. The number of aromatic nitrogens is 2. The molecule has 3 rings (SSSR count). The van der Waals surface area contributed by atoms with Crippen molar-refractivity contribution >= 4 is 33.4 Å². The number of hydrogen-bond acceptors (Lipinski definition) is 6. The van der Waals surface area contributed by atoms with Gasteiger partial charge in [-0.2, -0.15) is 12.4 Å². The van der Waals surface area contributed by atoms with Crippen LogP contribution in [0.1, 0.15) is 6.92 Å². The summed E-state index contributed by atoms with van der Waals surface area (Å²) in [6, 6.07) is 14.6. The van der Waals surface area contributed by atoms with E-state index in [1.54, 1.807) is 49.4 Å². The van der Waals surface area contributed by atoms with Crippen molar-refractivity contribution in [2.24, 2.45) is 0 Å². The molecule has 0 unspecified atom stereocenters. The normalized spacial score (nSPS) is 11.2. The Kier molecular flexibility index (Phi) is 4.57. The highest BCUT2D eigenvalue weighted by molar-refractivity contribution is 7.85. The fraction of sp³-hybridized carbons (Fsp3) is 0.125. The highest BCUT2D eigenvalue weighted by Gasteiger charge is 2.25. The molecule has 130 valence electrons. The number of hydrogen-bond donors (Lipinski definition) is 1. The second kappa shape index (κ2) is 6.81. The Bertz CT molecular complexity index is 999. The Labute approximate surface area is 144 Å². The number of nitrogens with one attached hydrogen (secondary N) is 1. The van der Waals surface area contributed by atoms with Crippen molar-refractivity contribution < 1.29 is 22.1 Å². The Morgan fingerprint density at radius 1 is 1.12 bits per heavy atom. The van der Waals surface area contributed by atoms with Gasteiger partial charge in [-0.3, -0.25) is 5.32 Å². The van der Waals surface area contributed by atoms with Gasteiger partial charge in [0.2, 0.25) is 5.95 Å². The van der Waals surface area contributed by atoms with E-state index in [1.807, 2.05) is 0 Å². The zero-order valence-corrected chi connectivity index (χ0v) is 14.1. The summed E-state index contributed by atoms with van der Waals surface area (Å²) in [6.07, 6.45) is -0.811. The molecular formula is C16H15N3O5S. The number of anilines is 1. The lowest BCUT2D eigenvalue weighted by Crippen LogP contribution is -2.24. The molecule has 0 radical (unpaired) electrons. The summed E-state index contributed by atoms with van der Waals surface area (Å²) in [6.45, 7) is 1.77. The minimum atomic E-state index is -4.30. The van der Waals surface area contributed by atoms with Gasteiger partial charge in [-0.05, 0) is 31.2 Å². The third-order valence-corrected chi connectivity index (χ3v) is 4.40. The monoisotopic (exact) mass is 361 g/mol. The molecule has 0 bridgehead atoms. The van der Waals surface area contributed by atoms with Crippen LogP contribution in [-0.2, 0) is 15.0 Å². The highest BCUT2D eigenvalue weighted by Crippen LogP contribution is 2.24. The van der Waals surface area contributed by atoms with Crippen molar-refractivity contribution in [3.8, 4) is 5.75 Å². The first-order chi connectivity index (χ1) is 12.0. The molecule has 0 saturated heterocycles. The Hall–Kier alpha value is -3.07. The van der Waals surface area contributed by atoms with E-state index in [0.717, 1.165) is 3.97 Å². The van der Waals surface area contributed by atoms with E-state index in [9.17, 15) is 13.2 Å². The van der Waals surface area contributed by atoms with Crippen LogP contribution >= 0.6 is 0 Å². The van der Waals surface area contributed by atoms with Crippen LogP contribution in [0.4, 0.5) is 10.7 Å². The van der Waals surface area contributed by atoms with Crippen LogP contribution in [-0.4, -0.2) is 30.1 Å². The lowest BCUT2D eigenvalue weighted by molar-refractivity contribution is 0.167. The molecule has 8 nitrogen and oxygen atoms in total. The second-order valence-corrected chi connectivity index (χ2v) is 6.28. The van der Waals surface area contributed by atoms with Gasteiger partial charge < -0.3 is 8.92 Å². The fourth-order valence-corrected chi connectivity index (χ4v) is 3.32. The molecule has 9 heteroatoms. The van der Waals surface area contributed by atoms with Crippen LogP contribution in [0.25, 0.3) is 11.0 Å². The van der Waals surface area contributed by atoms with Crippen molar-refractivity contribution in [1.82, 2.24) is 8.96 Å². The summed E-state index contributed by atoms with van der Waals surface area (Å²) < 4.78 is 36.2. The fourth-order valence-electron chi connectivity index (χ4n) is 2.20. The summed E-state index contributed by atoms with van der Waals surface area (Å²) in [4.78, 5) is 15.8. The summed E-state index contributed by atoms with van der Waals surface area (Å²) in [7, 11) is -4.30. The maximum absolute atomic E-state index is 12.7. The number of imidazole rings is 1. The second-order valence-electron chi connectivity index (χ2n) is 4.89. The number of carbonyl (C=O) groups excluding carboxylic acids is 1. The van der Waals surface area contributed by atoms with Gasteiger partial charge in [0, 0.05) is 0 Å². The van der Waals surface area contributed by atoms with Crippen LogP contribution in [0.3, 0.4) is 0 Å². The lowest BCUT2D eigenvalue weighted by atomic mass is 10.3. The molecule has 1 amide bonds. The van der Waals surface area contributed by atoms with Crippen molar-refractivity contribution in [2.75, 3.05) is 11.9 Å². The van der Waals surface area contributed by atoms with Gasteiger partial charge in [0.15, 0.2) is 0 Å². The lowest BCUT2D eigenvalue weighted by Gasteiger charge is -2.11. The number of nitrogens with zero attached hydrogens (tertiary/aromatic N) is 2. The van der Waals surface area contributed by atoms with E-state index >= 15 is 0 Å². The van der Waals surface area contributed by atoms with Crippen molar-refractivity contribution in [2.45, 2.75) is 6.92 Å². The molecule has 0 aliphatic carbocycles. The molecule has 1 N–H and O–H groups in total. The largest absolute Gasteiger partial charge is 0.450 e. The van der Waals surface area contributed by atoms with Gasteiger partial charge in [-0.25, -0.2) is 9.78 Å². The van der Waals surface area contributed by atoms with Gasteiger partial charge in [0.1, 0.15) is 5.75 Å². The molecule has 1 aromatic heterocycles. The van der Waals surface area contributed by atoms with E-state index < -0.39 is 16.4 Å². The molecule has 3 aromatic rings. The van der Waals surface area contributed by atoms with E-state index in [1.165, 1.54) is 12.1 Å². The van der Waals surface area contributed by atoms with E-state index in [4.69, 9.17) is 8.92 Å². The first-order valence-electron chi connectivity index (χ1n) is 7.42. The molecule has 0 atom stereocenters. The standard InChI is InChI=1S/C16H15N3O5S/c1-2-23-16(20)18-15-17-13-10-6-7-11-14(13)19(15)25(21,22)24-12-8-4-3-5-9-12/h3-11H,2H2,1H3,(H,17,18,20). The van der Waals surface area contributed by atoms with E-state index in [-0.39, 0.29) is 23.8 Å². The third-order valence-electron chi connectivity index (χ3n) is 3.18. The van der Waals surface area contributed by atoms with E-state index in [2.05, 4.69) is 10.3 Å². The summed E-state index contributed by atoms with van der Waals surface area (Å²) in [5, 5.41) is 2.32. The smallest absolute Gasteiger partial charge is 0.416 e. The first kappa shape index (κ1) is 16.8. The number of rotatable bonds is 5. The van der Waals surface area contributed by atoms with Crippen molar-refractivity contribution in [1.29, 1.82) is 0 Å². The molecule has 0 fully saturated rings. The number of amides is 1. The van der Waals surface area contributed by atoms with Crippen molar-refractivity contribution in [3.63, 3.8) is 0 Å². The number of ether oxygens (including phenoxy) is 1.